The zero-order valence-electron chi connectivity index (χ0n) is 12.8. The molecule has 0 bridgehead atoms. The maximum absolute atomic E-state index is 5.92. The lowest BCUT2D eigenvalue weighted by atomic mass is 9.99. The van der Waals surface area contributed by atoms with Gasteiger partial charge >= 0.3 is 0 Å². The Bertz CT molecular complexity index is 735. The Kier molecular flexibility index (Phi) is 3.66. The molecule has 0 radical (unpaired) electrons. The van der Waals surface area contributed by atoms with E-state index in [0.717, 1.165) is 5.75 Å². The minimum absolute atomic E-state index is 0.654. The van der Waals surface area contributed by atoms with Crippen LogP contribution in [0.2, 0.25) is 0 Å². The van der Waals surface area contributed by atoms with E-state index < -0.39 is 0 Å². The van der Waals surface area contributed by atoms with Crippen LogP contribution in [0.5, 0.6) is 5.75 Å². The van der Waals surface area contributed by atoms with Crippen molar-refractivity contribution in [2.45, 2.75) is 20.8 Å². The van der Waals surface area contributed by atoms with Crippen LogP contribution in [0.25, 0.3) is 11.6 Å². The average molecular weight is 276 g/mol. The topological polar surface area (TPSA) is 9.23 Å². The van der Waals surface area contributed by atoms with Crippen LogP contribution in [0.3, 0.4) is 0 Å². The zero-order valence-corrected chi connectivity index (χ0v) is 12.8. The summed E-state index contributed by atoms with van der Waals surface area (Å²) in [5.41, 5.74) is 7.34. The molecule has 2 aromatic carbocycles. The highest BCUT2D eigenvalue weighted by Gasteiger charge is 2.12. The average Bonchev–Trinajstić information content (AvgIpc) is 2.58. The summed E-state index contributed by atoms with van der Waals surface area (Å²) in [4.78, 5) is 0. The summed E-state index contributed by atoms with van der Waals surface area (Å²) < 4.78 is 5.92. The Hall–Kier alpha value is -2.28. The SMILES string of the molecule is CC1=C/C(=C\c2cccc(C)c2)c2ccc(C)cc2OC1. The van der Waals surface area contributed by atoms with Crippen molar-refractivity contribution in [2.75, 3.05) is 6.61 Å². The number of ether oxygens (including phenoxy) is 1. The zero-order chi connectivity index (χ0) is 14.8. The van der Waals surface area contributed by atoms with Crippen LogP contribution < -0.4 is 4.74 Å². The van der Waals surface area contributed by atoms with Crippen LogP contribution in [0.4, 0.5) is 0 Å². The lowest BCUT2D eigenvalue weighted by Crippen LogP contribution is -1.97. The van der Waals surface area contributed by atoms with Crippen molar-refractivity contribution >= 4 is 11.6 Å². The maximum Gasteiger partial charge on any atom is 0.127 e. The number of fused-ring (bicyclic) bond motifs is 1. The summed E-state index contributed by atoms with van der Waals surface area (Å²) in [6, 6.07) is 15.0. The van der Waals surface area contributed by atoms with Gasteiger partial charge in [0.25, 0.3) is 0 Å². The van der Waals surface area contributed by atoms with E-state index in [2.05, 4.69) is 75.4 Å². The van der Waals surface area contributed by atoms with Crippen molar-refractivity contribution in [3.05, 3.63) is 76.4 Å². The van der Waals surface area contributed by atoms with Gasteiger partial charge < -0.3 is 4.74 Å². The van der Waals surface area contributed by atoms with Crippen molar-refractivity contribution < 1.29 is 4.74 Å². The molecule has 2 aromatic rings. The second-order valence-corrected chi connectivity index (χ2v) is 5.79. The normalized spacial score (nSPS) is 16.0. The van der Waals surface area contributed by atoms with E-state index in [1.807, 2.05) is 0 Å². The Morgan fingerprint density at radius 2 is 1.76 bits per heavy atom. The molecule has 1 aliphatic rings. The van der Waals surface area contributed by atoms with Gasteiger partial charge in [0.15, 0.2) is 0 Å². The van der Waals surface area contributed by atoms with Crippen molar-refractivity contribution in [2.24, 2.45) is 0 Å². The number of allylic oxidation sites excluding steroid dienone is 2. The van der Waals surface area contributed by atoms with Gasteiger partial charge in [-0.25, -0.2) is 0 Å². The molecule has 1 heterocycles. The summed E-state index contributed by atoms with van der Waals surface area (Å²) in [6.07, 6.45) is 4.46. The molecule has 0 atom stereocenters. The van der Waals surface area contributed by atoms with E-state index in [1.165, 1.54) is 33.4 Å². The number of rotatable bonds is 1. The van der Waals surface area contributed by atoms with Crippen LogP contribution >= 0.6 is 0 Å². The third-order valence-corrected chi connectivity index (χ3v) is 3.67. The standard InChI is InChI=1S/C20H20O/c1-14-5-4-6-17(9-14)12-18-10-16(3)13-21-20-11-15(2)7-8-19(18)20/h4-12H,13H2,1-3H3/b18-12+. The number of hydrogen-bond acceptors (Lipinski definition) is 1. The fourth-order valence-electron chi connectivity index (χ4n) is 2.62. The Morgan fingerprint density at radius 3 is 2.57 bits per heavy atom. The highest BCUT2D eigenvalue weighted by Crippen LogP contribution is 2.33. The van der Waals surface area contributed by atoms with E-state index in [9.17, 15) is 0 Å². The minimum atomic E-state index is 0.654. The molecular formula is C20H20O. The first-order valence-corrected chi connectivity index (χ1v) is 7.31. The molecule has 1 heteroatoms. The molecule has 0 N–H and O–H groups in total. The lowest BCUT2D eigenvalue weighted by molar-refractivity contribution is 0.353. The van der Waals surface area contributed by atoms with E-state index in [0.29, 0.717) is 6.61 Å². The predicted molar refractivity (Wildman–Crippen MR) is 89.5 cm³/mol. The highest BCUT2D eigenvalue weighted by molar-refractivity contribution is 5.90. The Labute approximate surface area is 126 Å². The van der Waals surface area contributed by atoms with E-state index >= 15 is 0 Å². The smallest absolute Gasteiger partial charge is 0.127 e. The van der Waals surface area contributed by atoms with Crippen LogP contribution in [-0.2, 0) is 0 Å². The second kappa shape index (κ2) is 5.61. The Morgan fingerprint density at radius 1 is 0.952 bits per heavy atom. The first kappa shape index (κ1) is 13.7. The van der Waals surface area contributed by atoms with Gasteiger partial charge in [0, 0.05) is 5.56 Å². The molecule has 3 rings (SSSR count). The second-order valence-electron chi connectivity index (χ2n) is 5.79. The maximum atomic E-state index is 5.92. The van der Waals surface area contributed by atoms with Gasteiger partial charge in [-0.3, -0.25) is 0 Å². The molecule has 0 unspecified atom stereocenters. The molecule has 1 aliphatic heterocycles. The van der Waals surface area contributed by atoms with Crippen LogP contribution in [0.1, 0.15) is 29.2 Å². The molecule has 0 saturated carbocycles. The van der Waals surface area contributed by atoms with Gasteiger partial charge in [-0.05, 0) is 55.2 Å². The Balaban J connectivity index is 2.13. The van der Waals surface area contributed by atoms with Crippen molar-refractivity contribution in [1.82, 2.24) is 0 Å². The predicted octanol–water partition coefficient (Wildman–Crippen LogP) is 5.18. The summed E-state index contributed by atoms with van der Waals surface area (Å²) in [5, 5.41) is 0. The molecule has 0 fully saturated rings. The van der Waals surface area contributed by atoms with Crippen molar-refractivity contribution in [3.63, 3.8) is 0 Å². The van der Waals surface area contributed by atoms with Gasteiger partial charge in [-0.1, -0.05) is 48.0 Å². The quantitative estimate of drug-likeness (QED) is 0.697. The number of aryl methyl sites for hydroxylation is 2. The third kappa shape index (κ3) is 3.08. The third-order valence-electron chi connectivity index (χ3n) is 3.67. The summed E-state index contributed by atoms with van der Waals surface area (Å²) >= 11 is 0. The molecule has 21 heavy (non-hydrogen) atoms. The van der Waals surface area contributed by atoms with Crippen LogP contribution in [0.15, 0.2) is 54.1 Å². The molecule has 106 valence electrons. The molecule has 0 aromatic heterocycles. The highest BCUT2D eigenvalue weighted by atomic mass is 16.5. The monoisotopic (exact) mass is 276 g/mol. The van der Waals surface area contributed by atoms with Gasteiger partial charge in [0.1, 0.15) is 12.4 Å². The molecule has 1 nitrogen and oxygen atoms in total. The molecule has 0 spiro atoms. The first-order chi connectivity index (χ1) is 10.1. The lowest BCUT2D eigenvalue weighted by Gasteiger charge is -2.10. The van der Waals surface area contributed by atoms with Crippen LogP contribution in [-0.4, -0.2) is 6.61 Å². The number of benzene rings is 2. The largest absolute Gasteiger partial charge is 0.489 e. The number of hydrogen-bond donors (Lipinski definition) is 0. The summed E-state index contributed by atoms with van der Waals surface area (Å²) in [5.74, 6) is 0.974. The van der Waals surface area contributed by atoms with Gasteiger partial charge in [-0.15, -0.1) is 0 Å². The molecule has 0 amide bonds. The van der Waals surface area contributed by atoms with Gasteiger partial charge in [0.05, 0.1) is 0 Å². The van der Waals surface area contributed by atoms with Gasteiger partial charge in [0.2, 0.25) is 0 Å². The van der Waals surface area contributed by atoms with E-state index in [-0.39, 0.29) is 0 Å². The molecular weight excluding hydrogens is 256 g/mol. The summed E-state index contributed by atoms with van der Waals surface area (Å²) in [6.45, 7) is 6.99. The molecule has 0 aliphatic carbocycles. The van der Waals surface area contributed by atoms with Gasteiger partial charge in [-0.2, -0.15) is 0 Å². The fraction of sp³-hybridized carbons (Fsp3) is 0.200. The van der Waals surface area contributed by atoms with Crippen molar-refractivity contribution in [3.8, 4) is 5.75 Å². The molecule has 0 saturated heterocycles. The van der Waals surface area contributed by atoms with E-state index in [4.69, 9.17) is 4.74 Å². The van der Waals surface area contributed by atoms with Crippen molar-refractivity contribution in [1.29, 1.82) is 0 Å². The minimum Gasteiger partial charge on any atom is -0.489 e. The van der Waals surface area contributed by atoms with Crippen LogP contribution in [0, 0.1) is 13.8 Å². The first-order valence-electron chi connectivity index (χ1n) is 7.31. The van der Waals surface area contributed by atoms with E-state index in [1.54, 1.807) is 0 Å². The summed E-state index contributed by atoms with van der Waals surface area (Å²) in [7, 11) is 0. The fourth-order valence-corrected chi connectivity index (χ4v) is 2.62.